The third kappa shape index (κ3) is 5.37. The van der Waals surface area contributed by atoms with Crippen molar-refractivity contribution < 1.29 is 14.3 Å². The first-order chi connectivity index (χ1) is 14.4. The molecule has 1 saturated heterocycles. The second-order valence-electron chi connectivity index (χ2n) is 8.50. The van der Waals surface area contributed by atoms with Gasteiger partial charge in [0.2, 0.25) is 5.91 Å². The maximum Gasteiger partial charge on any atom is 0.225 e. The van der Waals surface area contributed by atoms with Crippen LogP contribution in [0, 0.1) is 5.92 Å². The highest BCUT2D eigenvalue weighted by Crippen LogP contribution is 2.35. The van der Waals surface area contributed by atoms with E-state index >= 15 is 0 Å². The van der Waals surface area contributed by atoms with Gasteiger partial charge in [0.05, 0.1) is 13.7 Å². The summed E-state index contributed by atoms with van der Waals surface area (Å²) < 4.78 is 11.5. The summed E-state index contributed by atoms with van der Waals surface area (Å²) in [4.78, 5) is 19.0. The maximum atomic E-state index is 12.2. The second kappa shape index (κ2) is 10.0. The van der Waals surface area contributed by atoms with Gasteiger partial charge in [0, 0.05) is 49.1 Å². The minimum absolute atomic E-state index is 0.0580. The van der Waals surface area contributed by atoms with Gasteiger partial charge in [-0.3, -0.25) is 4.79 Å². The standard InChI is InChI=1S/C23H36N4O3/c1-6-24-23(26-19-7-9-27(10-8-19)22(28)15(2)3)25-14-18-13-21-17(11-16(4)30-21)12-20(18)29-5/h12-13,15-16,19H,6-11,14H2,1-5H3,(H2,24,25,26). The molecule has 1 aromatic rings. The van der Waals surface area contributed by atoms with Gasteiger partial charge in [0.25, 0.3) is 0 Å². The van der Waals surface area contributed by atoms with Gasteiger partial charge in [-0.2, -0.15) is 0 Å². The van der Waals surface area contributed by atoms with Crippen LogP contribution in [0.3, 0.4) is 0 Å². The zero-order valence-electron chi connectivity index (χ0n) is 19.0. The van der Waals surface area contributed by atoms with E-state index in [-0.39, 0.29) is 17.9 Å². The molecule has 3 rings (SSSR count). The lowest BCUT2D eigenvalue weighted by Crippen LogP contribution is -2.50. The third-order valence-corrected chi connectivity index (χ3v) is 5.69. The lowest BCUT2D eigenvalue weighted by molar-refractivity contribution is -0.135. The summed E-state index contributed by atoms with van der Waals surface area (Å²) in [7, 11) is 1.70. The summed E-state index contributed by atoms with van der Waals surface area (Å²) in [5.41, 5.74) is 2.21. The van der Waals surface area contributed by atoms with Crippen molar-refractivity contribution in [3.63, 3.8) is 0 Å². The van der Waals surface area contributed by atoms with Crippen LogP contribution in [-0.2, 0) is 17.8 Å². The molecular weight excluding hydrogens is 380 g/mol. The second-order valence-corrected chi connectivity index (χ2v) is 8.50. The van der Waals surface area contributed by atoms with E-state index in [4.69, 9.17) is 14.5 Å². The van der Waals surface area contributed by atoms with Crippen molar-refractivity contribution in [1.82, 2.24) is 15.5 Å². The van der Waals surface area contributed by atoms with Gasteiger partial charge in [0.15, 0.2) is 5.96 Å². The number of nitrogens with zero attached hydrogens (tertiary/aromatic N) is 2. The molecule has 1 fully saturated rings. The number of methoxy groups -OCH3 is 1. The van der Waals surface area contributed by atoms with E-state index in [0.29, 0.717) is 12.6 Å². The number of piperidine rings is 1. The smallest absolute Gasteiger partial charge is 0.225 e. The fourth-order valence-corrected chi connectivity index (χ4v) is 4.08. The molecule has 2 heterocycles. The number of hydrogen-bond acceptors (Lipinski definition) is 4. The highest BCUT2D eigenvalue weighted by molar-refractivity contribution is 5.80. The van der Waals surface area contributed by atoms with Crippen molar-refractivity contribution in [2.45, 2.75) is 65.6 Å². The molecule has 2 aliphatic rings. The number of ether oxygens (including phenoxy) is 2. The van der Waals surface area contributed by atoms with Crippen LogP contribution in [0.4, 0.5) is 0 Å². The number of carbonyl (C=O) groups excluding carboxylic acids is 1. The van der Waals surface area contributed by atoms with E-state index < -0.39 is 0 Å². The van der Waals surface area contributed by atoms with Crippen molar-refractivity contribution >= 4 is 11.9 Å². The van der Waals surface area contributed by atoms with Crippen molar-refractivity contribution in [2.24, 2.45) is 10.9 Å². The lowest BCUT2D eigenvalue weighted by Gasteiger charge is -2.34. The summed E-state index contributed by atoms with van der Waals surface area (Å²) >= 11 is 0. The molecule has 0 bridgehead atoms. The van der Waals surface area contributed by atoms with Gasteiger partial charge < -0.3 is 25.0 Å². The Morgan fingerprint density at radius 2 is 2.07 bits per heavy atom. The Kier molecular flexibility index (Phi) is 7.45. The summed E-state index contributed by atoms with van der Waals surface area (Å²) in [5, 5.41) is 6.88. The molecule has 0 aromatic heterocycles. The molecule has 166 valence electrons. The van der Waals surface area contributed by atoms with E-state index in [9.17, 15) is 4.79 Å². The van der Waals surface area contributed by atoms with Crippen LogP contribution in [0.1, 0.15) is 51.7 Å². The first-order valence-electron chi connectivity index (χ1n) is 11.1. The first kappa shape index (κ1) is 22.2. The maximum absolute atomic E-state index is 12.2. The Morgan fingerprint density at radius 3 is 2.70 bits per heavy atom. The number of amides is 1. The predicted octanol–water partition coefficient (Wildman–Crippen LogP) is 2.72. The molecule has 0 radical (unpaired) electrons. The largest absolute Gasteiger partial charge is 0.496 e. The van der Waals surface area contributed by atoms with Gasteiger partial charge in [-0.05, 0) is 38.8 Å². The molecule has 7 heteroatoms. The highest BCUT2D eigenvalue weighted by atomic mass is 16.5. The Hall–Kier alpha value is -2.44. The fraction of sp³-hybridized carbons (Fsp3) is 0.652. The molecule has 1 atom stereocenters. The van der Waals surface area contributed by atoms with Crippen LogP contribution in [0.25, 0.3) is 0 Å². The predicted molar refractivity (Wildman–Crippen MR) is 119 cm³/mol. The van der Waals surface area contributed by atoms with Crippen LogP contribution in [0.5, 0.6) is 11.5 Å². The van der Waals surface area contributed by atoms with Gasteiger partial charge in [-0.25, -0.2) is 4.99 Å². The SMILES string of the molecule is CCNC(=NCc1cc2c(cc1OC)CC(C)O2)NC1CCN(C(=O)C(C)C)CC1. The summed E-state index contributed by atoms with van der Waals surface area (Å²) in [6.07, 6.45) is 2.97. The third-order valence-electron chi connectivity index (χ3n) is 5.69. The van der Waals surface area contributed by atoms with Crippen LogP contribution >= 0.6 is 0 Å². The van der Waals surface area contributed by atoms with Crippen molar-refractivity contribution in [3.8, 4) is 11.5 Å². The van der Waals surface area contributed by atoms with E-state index in [1.54, 1.807) is 7.11 Å². The summed E-state index contributed by atoms with van der Waals surface area (Å²) in [5.74, 6) is 2.89. The number of carbonyl (C=O) groups is 1. The van der Waals surface area contributed by atoms with Gasteiger partial charge in [-0.15, -0.1) is 0 Å². The minimum Gasteiger partial charge on any atom is -0.496 e. The van der Waals surface area contributed by atoms with Crippen molar-refractivity contribution in [2.75, 3.05) is 26.7 Å². The molecule has 1 unspecified atom stereocenters. The molecule has 0 aliphatic carbocycles. The quantitative estimate of drug-likeness (QED) is 0.551. The van der Waals surface area contributed by atoms with Crippen molar-refractivity contribution in [1.29, 1.82) is 0 Å². The van der Waals surface area contributed by atoms with Gasteiger partial charge >= 0.3 is 0 Å². The van der Waals surface area contributed by atoms with Gasteiger partial charge in [0.1, 0.15) is 17.6 Å². The molecule has 30 heavy (non-hydrogen) atoms. The summed E-state index contributed by atoms with van der Waals surface area (Å²) in [6.45, 7) is 10.9. The lowest BCUT2D eigenvalue weighted by atomic mass is 10.0. The Balaban J connectivity index is 1.63. The number of fused-ring (bicyclic) bond motifs is 1. The van der Waals surface area contributed by atoms with Crippen LogP contribution in [0.2, 0.25) is 0 Å². The van der Waals surface area contributed by atoms with Crippen LogP contribution in [0.15, 0.2) is 17.1 Å². The number of rotatable bonds is 6. The Morgan fingerprint density at radius 1 is 1.33 bits per heavy atom. The van der Waals surface area contributed by atoms with E-state index in [1.165, 1.54) is 5.56 Å². The first-order valence-corrected chi connectivity index (χ1v) is 11.1. The average molecular weight is 417 g/mol. The molecular formula is C23H36N4O3. The zero-order valence-corrected chi connectivity index (χ0v) is 19.0. The zero-order chi connectivity index (χ0) is 21.7. The number of hydrogen-bond donors (Lipinski definition) is 2. The molecule has 0 spiro atoms. The number of guanidine groups is 1. The molecule has 2 N–H and O–H groups in total. The Bertz CT molecular complexity index is 770. The monoisotopic (exact) mass is 416 g/mol. The van der Waals surface area contributed by atoms with E-state index in [1.807, 2.05) is 18.7 Å². The number of benzene rings is 1. The van der Waals surface area contributed by atoms with Crippen LogP contribution in [-0.4, -0.2) is 55.7 Å². The number of aliphatic imine (C=N–C) groups is 1. The van der Waals surface area contributed by atoms with E-state index in [0.717, 1.165) is 61.9 Å². The van der Waals surface area contributed by atoms with E-state index in [2.05, 4.69) is 36.6 Å². The molecule has 1 amide bonds. The Labute approximate surface area is 180 Å². The number of likely N-dealkylation sites (tertiary alicyclic amines) is 1. The summed E-state index contributed by atoms with van der Waals surface area (Å²) in [6, 6.07) is 4.44. The minimum atomic E-state index is 0.0580. The highest BCUT2D eigenvalue weighted by Gasteiger charge is 2.25. The molecule has 0 saturated carbocycles. The fourth-order valence-electron chi connectivity index (χ4n) is 4.08. The molecule has 7 nitrogen and oxygen atoms in total. The van der Waals surface area contributed by atoms with Crippen molar-refractivity contribution in [3.05, 3.63) is 23.3 Å². The molecule has 2 aliphatic heterocycles. The van der Waals surface area contributed by atoms with Crippen LogP contribution < -0.4 is 20.1 Å². The number of nitrogens with one attached hydrogen (secondary N) is 2. The normalized spacial score (nSPS) is 19.5. The van der Waals surface area contributed by atoms with Gasteiger partial charge in [-0.1, -0.05) is 13.8 Å². The molecule has 1 aromatic carbocycles. The average Bonchev–Trinajstić information content (AvgIpc) is 3.10. The topological polar surface area (TPSA) is 75.2 Å².